The van der Waals surface area contributed by atoms with Crippen molar-refractivity contribution in [1.82, 2.24) is 5.32 Å². The molecule has 10 heteroatoms. The van der Waals surface area contributed by atoms with Crippen LogP contribution in [0, 0.1) is 0 Å². The van der Waals surface area contributed by atoms with Gasteiger partial charge in [0.25, 0.3) is 0 Å². The number of carbonyl (C=O) groups excluding carboxylic acids is 2. The molecule has 0 rings (SSSR count). The number of quaternary nitrogens is 1. The summed E-state index contributed by atoms with van der Waals surface area (Å²) in [5, 5.41) is 3.00. The first-order chi connectivity index (χ1) is 37.4. The van der Waals surface area contributed by atoms with Crippen LogP contribution in [0.1, 0.15) is 239 Å². The molecule has 0 bridgehead atoms. The number of ether oxygens (including phenoxy) is 1. The minimum Gasteiger partial charge on any atom is -0.456 e. The van der Waals surface area contributed by atoms with E-state index in [1.165, 1.54) is 96.3 Å². The van der Waals surface area contributed by atoms with Crippen molar-refractivity contribution in [2.24, 2.45) is 0 Å². The lowest BCUT2D eigenvalue weighted by Gasteiger charge is -2.27. The smallest absolute Gasteiger partial charge is 0.456 e. The number of allylic oxidation sites excluding steroid dienone is 19. The molecule has 0 saturated carbocycles. The second-order valence-electron chi connectivity index (χ2n) is 21.5. The van der Waals surface area contributed by atoms with Crippen LogP contribution in [0.4, 0.5) is 0 Å². The lowest BCUT2D eigenvalue weighted by molar-refractivity contribution is -0.870. The SMILES string of the molecule is CC/C=C\C/C=C\C/C=C\C/C=C\C/C=C\C/C=C\CCC(=O)NC(COP(=O)(O)OCC[N+](C)(C)C)C(/C=C/CCCCCCCCCCC)OC(=O)CCCCCCCCCC/C=C\C/C=C\C/C=C\CCCCC. The number of likely N-dealkylation sites (N-methyl/N-ethyl adjacent to an activating group) is 1. The van der Waals surface area contributed by atoms with Crippen molar-refractivity contribution in [3.8, 4) is 0 Å². The van der Waals surface area contributed by atoms with Crippen LogP contribution in [0.5, 0.6) is 0 Å². The number of hydrogen-bond acceptors (Lipinski definition) is 6. The first-order valence-electron chi connectivity index (χ1n) is 30.9. The number of carbonyl (C=O) groups is 2. The third-order valence-electron chi connectivity index (χ3n) is 12.9. The van der Waals surface area contributed by atoms with E-state index in [2.05, 4.69) is 123 Å². The fourth-order valence-corrected chi connectivity index (χ4v) is 8.88. The predicted octanol–water partition coefficient (Wildman–Crippen LogP) is 19.1. The molecule has 0 heterocycles. The Hall–Kier alpha value is -3.59. The molecule has 0 aromatic heterocycles. The first-order valence-corrected chi connectivity index (χ1v) is 32.4. The molecule has 0 aliphatic heterocycles. The number of phosphoric acid groups is 1. The van der Waals surface area contributed by atoms with Crippen LogP contribution >= 0.6 is 7.82 Å². The molecule has 0 spiro atoms. The number of rotatable bonds is 54. The Balaban J connectivity index is 5.35. The van der Waals surface area contributed by atoms with Crippen molar-refractivity contribution in [2.75, 3.05) is 40.9 Å². The van der Waals surface area contributed by atoms with Gasteiger partial charge >= 0.3 is 13.8 Å². The Kier molecular flexibility index (Phi) is 53.1. The summed E-state index contributed by atoms with van der Waals surface area (Å²) in [6.45, 7) is 6.79. The standard InChI is InChI=1S/C67H115N2O7P/c1-7-10-13-16-19-22-25-27-29-31-33-34-36-38-40-42-45-48-51-54-57-60-67(71)76-65(58-55-52-49-46-43-24-21-18-15-12-9-3)64(63-75-77(72,73)74-62-61-69(4,5)6)68-66(70)59-56-53-50-47-44-41-39-37-35-32-30-28-26-23-20-17-14-11-8-2/h11,14,19-20,22-23,27-30,33-35,37,41,44,50,53,55,58,64-65H,7-10,12-13,15-18,21,24-26,31-32,36,38-40,42-43,45-49,51-52,54,56-57,59-63H2,1-6H3,(H-,68,70,72,73)/p+1/b14-11-,22-19-,23-20-,29-27-,30-28-,34-33-,37-35-,44-41-,53-50-,58-55+. The largest absolute Gasteiger partial charge is 0.472 e. The monoisotopic (exact) mass is 1090 g/mol. The van der Waals surface area contributed by atoms with E-state index in [0.29, 0.717) is 23.9 Å². The number of hydrogen-bond donors (Lipinski definition) is 2. The van der Waals surface area contributed by atoms with Crippen molar-refractivity contribution in [3.05, 3.63) is 122 Å². The lowest BCUT2D eigenvalue weighted by Crippen LogP contribution is -2.47. The Labute approximate surface area is 473 Å². The molecule has 77 heavy (non-hydrogen) atoms. The number of esters is 1. The van der Waals surface area contributed by atoms with Gasteiger partial charge in [0.15, 0.2) is 0 Å². The van der Waals surface area contributed by atoms with Gasteiger partial charge in [-0.1, -0.05) is 239 Å². The van der Waals surface area contributed by atoms with Gasteiger partial charge in [-0.3, -0.25) is 18.6 Å². The quantitative estimate of drug-likeness (QED) is 0.0205. The molecule has 0 aliphatic rings. The minimum absolute atomic E-state index is 0.0190. The van der Waals surface area contributed by atoms with Crippen LogP contribution in [0.3, 0.4) is 0 Å². The summed E-state index contributed by atoms with van der Waals surface area (Å²) in [6, 6.07) is -0.900. The zero-order valence-electron chi connectivity index (χ0n) is 50.2. The number of amides is 1. The summed E-state index contributed by atoms with van der Waals surface area (Å²) in [7, 11) is 1.43. The summed E-state index contributed by atoms with van der Waals surface area (Å²) in [5.74, 6) is -0.619. The molecule has 3 atom stereocenters. The molecular weight excluding hydrogens is 976 g/mol. The van der Waals surface area contributed by atoms with Gasteiger partial charge in [0, 0.05) is 12.8 Å². The molecule has 0 radical (unpaired) electrons. The summed E-state index contributed by atoms with van der Waals surface area (Å²) < 4.78 is 30.6. The van der Waals surface area contributed by atoms with Crippen molar-refractivity contribution in [3.63, 3.8) is 0 Å². The van der Waals surface area contributed by atoms with Gasteiger partial charge in [0.05, 0.1) is 33.8 Å². The highest BCUT2D eigenvalue weighted by molar-refractivity contribution is 7.47. The van der Waals surface area contributed by atoms with E-state index in [1.54, 1.807) is 0 Å². The Morgan fingerprint density at radius 3 is 1.30 bits per heavy atom. The highest BCUT2D eigenvalue weighted by Crippen LogP contribution is 2.43. The third kappa shape index (κ3) is 56.9. The van der Waals surface area contributed by atoms with Gasteiger partial charge in [-0.25, -0.2) is 4.57 Å². The molecule has 2 N–H and O–H groups in total. The topological polar surface area (TPSA) is 111 Å². The summed E-state index contributed by atoms with van der Waals surface area (Å²) in [4.78, 5) is 37.6. The number of unbranched alkanes of at least 4 members (excludes halogenated alkanes) is 20. The van der Waals surface area contributed by atoms with E-state index in [9.17, 15) is 19.0 Å². The highest BCUT2D eigenvalue weighted by atomic mass is 31.2. The Bertz CT molecular complexity index is 1730. The molecule has 3 unspecified atom stereocenters. The molecule has 0 aliphatic carbocycles. The van der Waals surface area contributed by atoms with Crippen LogP contribution in [0.15, 0.2) is 122 Å². The van der Waals surface area contributed by atoms with E-state index >= 15 is 0 Å². The minimum atomic E-state index is -4.48. The molecule has 0 aromatic rings. The van der Waals surface area contributed by atoms with E-state index in [-0.39, 0.29) is 37.9 Å². The zero-order chi connectivity index (χ0) is 56.4. The predicted molar refractivity (Wildman–Crippen MR) is 332 cm³/mol. The van der Waals surface area contributed by atoms with E-state index < -0.39 is 20.0 Å². The van der Waals surface area contributed by atoms with Gasteiger partial charge in [0.1, 0.15) is 19.3 Å². The normalized spacial score (nSPS) is 14.5. The molecule has 0 aromatic carbocycles. The Morgan fingerprint density at radius 1 is 0.468 bits per heavy atom. The maximum Gasteiger partial charge on any atom is 0.472 e. The lowest BCUT2D eigenvalue weighted by atomic mass is 10.1. The van der Waals surface area contributed by atoms with E-state index in [4.69, 9.17) is 13.8 Å². The van der Waals surface area contributed by atoms with Crippen molar-refractivity contribution < 1.29 is 37.3 Å². The fraction of sp³-hybridized carbons (Fsp3) is 0.672. The Morgan fingerprint density at radius 2 is 0.844 bits per heavy atom. The van der Waals surface area contributed by atoms with Crippen LogP contribution in [0.25, 0.3) is 0 Å². The average Bonchev–Trinajstić information content (AvgIpc) is 3.39. The van der Waals surface area contributed by atoms with Crippen molar-refractivity contribution in [2.45, 2.75) is 251 Å². The van der Waals surface area contributed by atoms with Crippen molar-refractivity contribution >= 4 is 19.7 Å². The maximum atomic E-state index is 13.5. The van der Waals surface area contributed by atoms with Gasteiger partial charge in [0.2, 0.25) is 5.91 Å². The molecule has 1 amide bonds. The maximum absolute atomic E-state index is 13.5. The second-order valence-corrected chi connectivity index (χ2v) is 22.9. The van der Waals surface area contributed by atoms with Crippen LogP contribution in [0.2, 0.25) is 0 Å². The average molecular weight is 1090 g/mol. The van der Waals surface area contributed by atoms with Gasteiger partial charge in [-0.2, -0.15) is 0 Å². The second kappa shape index (κ2) is 55.7. The summed E-state index contributed by atoms with van der Waals surface area (Å²) in [5.41, 5.74) is 0. The van der Waals surface area contributed by atoms with E-state index in [1.807, 2.05) is 45.4 Å². The number of phosphoric ester groups is 1. The third-order valence-corrected chi connectivity index (χ3v) is 13.9. The molecule has 440 valence electrons. The molecule has 0 saturated heterocycles. The van der Waals surface area contributed by atoms with Gasteiger partial charge in [-0.05, 0) is 109 Å². The van der Waals surface area contributed by atoms with Crippen LogP contribution in [-0.4, -0.2) is 74.3 Å². The fourth-order valence-electron chi connectivity index (χ4n) is 8.14. The van der Waals surface area contributed by atoms with Gasteiger partial charge in [-0.15, -0.1) is 0 Å². The molecule has 0 fully saturated rings. The summed E-state index contributed by atoms with van der Waals surface area (Å²) in [6.07, 6.45) is 77.9. The molecular formula is C67H116N2O7P+. The zero-order valence-corrected chi connectivity index (χ0v) is 51.1. The number of nitrogens with one attached hydrogen (secondary N) is 1. The van der Waals surface area contributed by atoms with Crippen LogP contribution < -0.4 is 5.32 Å². The summed E-state index contributed by atoms with van der Waals surface area (Å²) >= 11 is 0. The number of nitrogens with zero attached hydrogens (tertiary/aromatic N) is 1. The molecule has 9 nitrogen and oxygen atoms in total. The first kappa shape index (κ1) is 73.4. The highest BCUT2D eigenvalue weighted by Gasteiger charge is 2.30. The van der Waals surface area contributed by atoms with Crippen LogP contribution in [-0.2, 0) is 27.9 Å². The van der Waals surface area contributed by atoms with Crippen molar-refractivity contribution in [1.29, 1.82) is 0 Å². The van der Waals surface area contributed by atoms with E-state index in [0.717, 1.165) is 96.3 Å². The van der Waals surface area contributed by atoms with Gasteiger partial charge < -0.3 is 19.4 Å².